The van der Waals surface area contributed by atoms with Gasteiger partial charge in [0.2, 0.25) is 0 Å². The van der Waals surface area contributed by atoms with Crippen LogP contribution in [0.2, 0.25) is 0 Å². The Hall–Kier alpha value is -7.62. The van der Waals surface area contributed by atoms with Crippen LogP contribution in [0.25, 0.3) is 70.8 Å². The maximum atomic E-state index is 2.60. The fourth-order valence-electron chi connectivity index (χ4n) is 10.7. The third-order valence-electron chi connectivity index (χ3n) is 13.4. The van der Waals surface area contributed by atoms with Gasteiger partial charge in [0, 0.05) is 60.8 Å². The van der Waals surface area contributed by atoms with Crippen molar-refractivity contribution in [3.63, 3.8) is 0 Å². The third kappa shape index (κ3) is 4.49. The summed E-state index contributed by atoms with van der Waals surface area (Å²) in [5.41, 5.74) is 15.9. The number of aromatic nitrogens is 1. The van der Waals surface area contributed by atoms with Crippen molar-refractivity contribution in [3.05, 3.63) is 211 Å². The van der Waals surface area contributed by atoms with E-state index in [9.17, 15) is 0 Å². The second-order valence-corrected chi connectivity index (χ2v) is 16.9. The molecule has 0 fully saturated rings. The number of anilines is 6. The van der Waals surface area contributed by atoms with Gasteiger partial charge >= 0.3 is 0 Å². The molecule has 3 nitrogen and oxygen atoms in total. The number of nitrogens with zero attached hydrogens (tertiary/aromatic N) is 3. The van der Waals surface area contributed by atoms with Gasteiger partial charge in [0.05, 0.1) is 22.2 Å². The first-order valence-corrected chi connectivity index (χ1v) is 20.9. The zero-order chi connectivity index (χ0) is 39.7. The van der Waals surface area contributed by atoms with Gasteiger partial charge in [-0.1, -0.05) is 123 Å². The predicted molar refractivity (Wildman–Crippen MR) is 254 cm³/mol. The molecule has 1 aliphatic carbocycles. The molecule has 4 bridgehead atoms. The van der Waals surface area contributed by atoms with E-state index in [0.29, 0.717) is 0 Å². The molecule has 0 saturated heterocycles. The van der Waals surface area contributed by atoms with Crippen LogP contribution in [0.3, 0.4) is 0 Å². The highest BCUT2D eigenvalue weighted by Gasteiger charge is 2.37. The van der Waals surface area contributed by atoms with Crippen LogP contribution in [-0.4, -0.2) is 4.40 Å². The molecule has 1 aliphatic rings. The zero-order valence-corrected chi connectivity index (χ0v) is 33.4. The molecule has 3 heteroatoms. The molecule has 0 atom stereocenters. The van der Waals surface area contributed by atoms with E-state index >= 15 is 0 Å². The normalized spacial score (nSPS) is 13.3. The van der Waals surface area contributed by atoms with Crippen molar-refractivity contribution in [1.29, 1.82) is 0 Å². The lowest BCUT2D eigenvalue weighted by molar-refractivity contribution is 0.661. The van der Waals surface area contributed by atoms with Crippen molar-refractivity contribution in [3.8, 4) is 11.1 Å². The first-order valence-electron chi connectivity index (χ1n) is 20.9. The molecule has 2 heterocycles. The van der Waals surface area contributed by atoms with E-state index in [1.54, 1.807) is 0 Å². The highest BCUT2D eigenvalue weighted by molar-refractivity contribution is 6.37. The van der Waals surface area contributed by atoms with Crippen molar-refractivity contribution >= 4 is 93.8 Å². The molecule has 0 N–H and O–H groups in total. The highest BCUT2D eigenvalue weighted by Crippen LogP contribution is 2.55. The fraction of sp³-hybridized carbons (Fsp3) is 0.0526. The highest BCUT2D eigenvalue weighted by atomic mass is 15.1. The van der Waals surface area contributed by atoms with Gasteiger partial charge in [-0.2, -0.15) is 0 Å². The van der Waals surface area contributed by atoms with Crippen LogP contribution in [0.1, 0.15) is 25.0 Å². The molecule has 0 unspecified atom stereocenters. The Bertz CT molecular complexity index is 3530. The molecule has 282 valence electrons. The van der Waals surface area contributed by atoms with Crippen LogP contribution in [0.15, 0.2) is 200 Å². The first kappa shape index (κ1) is 33.4. The second kappa shape index (κ2) is 12.2. The molecule has 11 aromatic carbocycles. The van der Waals surface area contributed by atoms with Crippen LogP contribution >= 0.6 is 0 Å². The largest absolute Gasteiger partial charge is 0.310 e. The van der Waals surface area contributed by atoms with Gasteiger partial charge < -0.3 is 14.2 Å². The predicted octanol–water partition coefficient (Wildman–Crippen LogP) is 15.8. The number of hydrogen-bond donors (Lipinski definition) is 0. The lowest BCUT2D eigenvalue weighted by atomic mass is 9.82. The maximum Gasteiger partial charge on any atom is 0.0627 e. The van der Waals surface area contributed by atoms with Gasteiger partial charge in [0.25, 0.3) is 0 Å². The molecular formula is C57H39N3. The van der Waals surface area contributed by atoms with Gasteiger partial charge in [0.1, 0.15) is 0 Å². The van der Waals surface area contributed by atoms with Gasteiger partial charge in [-0.3, -0.25) is 0 Å². The Morgan fingerprint density at radius 2 is 0.950 bits per heavy atom. The number of rotatable bonds is 6. The van der Waals surface area contributed by atoms with Crippen LogP contribution < -0.4 is 9.80 Å². The summed E-state index contributed by atoms with van der Waals surface area (Å²) < 4.78 is 2.60. The Morgan fingerprint density at radius 3 is 1.60 bits per heavy atom. The molecule has 0 amide bonds. The van der Waals surface area contributed by atoms with E-state index in [1.807, 2.05) is 0 Å². The average molecular weight is 766 g/mol. The topological polar surface area (TPSA) is 10.9 Å². The summed E-state index contributed by atoms with van der Waals surface area (Å²) in [7, 11) is 0. The van der Waals surface area contributed by atoms with E-state index in [2.05, 4.69) is 228 Å². The van der Waals surface area contributed by atoms with Crippen LogP contribution in [0.4, 0.5) is 34.1 Å². The number of fused-ring (bicyclic) bond motifs is 11. The number of hydrogen-bond acceptors (Lipinski definition) is 2. The summed E-state index contributed by atoms with van der Waals surface area (Å²) in [6.45, 7) is 4.82. The Labute approximate surface area is 348 Å². The standard InChI is InChI=1S/C57H39N3/c1-57(2)49-32-41(58(37-17-7-3-8-18-37)38-19-9-4-10-20-38)28-30-42(49)45-33-46-47-34-48-43-25-15-16-26-51(43)60(53(46)35-50(45)57)56(48)55-44-29-27-36(54(47)55)31-52(44)59(39-21-11-5-12-22-39)40-23-13-6-14-24-40/h3-35H,1-2H3. The van der Waals surface area contributed by atoms with Gasteiger partial charge in [0.15, 0.2) is 0 Å². The Kier molecular flexibility index (Phi) is 6.78. The van der Waals surface area contributed by atoms with E-state index in [-0.39, 0.29) is 5.41 Å². The minimum Gasteiger partial charge on any atom is -0.310 e. The van der Waals surface area contributed by atoms with E-state index in [1.165, 1.54) is 87.6 Å². The van der Waals surface area contributed by atoms with Gasteiger partial charge in [-0.25, -0.2) is 0 Å². The summed E-state index contributed by atoms with van der Waals surface area (Å²) in [6, 6.07) is 73.8. The third-order valence-corrected chi connectivity index (χ3v) is 13.4. The van der Waals surface area contributed by atoms with E-state index < -0.39 is 0 Å². The minimum absolute atomic E-state index is 0.233. The number of para-hydroxylation sites is 5. The van der Waals surface area contributed by atoms with E-state index in [0.717, 1.165) is 28.4 Å². The minimum atomic E-state index is -0.233. The molecule has 0 spiro atoms. The second-order valence-electron chi connectivity index (χ2n) is 16.9. The zero-order valence-electron chi connectivity index (χ0n) is 33.4. The van der Waals surface area contributed by atoms with Gasteiger partial charge in [-0.15, -0.1) is 0 Å². The maximum absolute atomic E-state index is 2.60. The molecule has 0 aliphatic heterocycles. The number of benzene rings is 11. The summed E-state index contributed by atoms with van der Waals surface area (Å²) in [5.74, 6) is 0. The molecule has 60 heavy (non-hydrogen) atoms. The van der Waals surface area contributed by atoms with Crippen LogP contribution in [-0.2, 0) is 5.41 Å². The lowest BCUT2D eigenvalue weighted by Gasteiger charge is -2.28. The smallest absolute Gasteiger partial charge is 0.0627 e. The molecule has 0 saturated carbocycles. The Balaban J connectivity index is 1.10. The summed E-state index contributed by atoms with van der Waals surface area (Å²) in [5, 5.41) is 10.4. The molecular weight excluding hydrogens is 727 g/mol. The SMILES string of the molecule is CC1(C)c2cc(N(c3ccccc3)c3ccccc3)ccc2-c2cc3c4cc5c6ccccc6n(c3cc21)c5c1c2ccc(cc2N(c2ccccc2)c2ccccc2)c41. The molecule has 0 radical (unpaired) electrons. The first-order chi connectivity index (χ1) is 29.5. The molecule has 13 aromatic rings. The summed E-state index contributed by atoms with van der Waals surface area (Å²) in [4.78, 5) is 4.80. The summed E-state index contributed by atoms with van der Waals surface area (Å²) in [6.07, 6.45) is 0. The Morgan fingerprint density at radius 1 is 0.367 bits per heavy atom. The van der Waals surface area contributed by atoms with Crippen molar-refractivity contribution in [2.45, 2.75) is 19.3 Å². The fourth-order valence-corrected chi connectivity index (χ4v) is 10.7. The van der Waals surface area contributed by atoms with Crippen molar-refractivity contribution in [2.24, 2.45) is 0 Å². The summed E-state index contributed by atoms with van der Waals surface area (Å²) >= 11 is 0. The van der Waals surface area contributed by atoms with E-state index in [4.69, 9.17) is 0 Å². The van der Waals surface area contributed by atoms with Crippen molar-refractivity contribution < 1.29 is 0 Å². The van der Waals surface area contributed by atoms with Crippen molar-refractivity contribution in [2.75, 3.05) is 9.80 Å². The molecule has 14 rings (SSSR count). The monoisotopic (exact) mass is 765 g/mol. The van der Waals surface area contributed by atoms with Crippen LogP contribution in [0, 0.1) is 0 Å². The van der Waals surface area contributed by atoms with Crippen LogP contribution in [0.5, 0.6) is 0 Å². The van der Waals surface area contributed by atoms with Gasteiger partial charge in [-0.05, 0) is 129 Å². The quantitative estimate of drug-likeness (QED) is 0.167. The lowest BCUT2D eigenvalue weighted by Crippen LogP contribution is -2.16. The average Bonchev–Trinajstić information content (AvgIpc) is 3.63. The van der Waals surface area contributed by atoms with Crippen molar-refractivity contribution in [1.82, 2.24) is 4.40 Å². The molecule has 2 aromatic heterocycles.